The molecule has 0 heterocycles. The molecule has 0 spiro atoms. The third-order valence-corrected chi connectivity index (χ3v) is 2.20. The van der Waals surface area contributed by atoms with E-state index in [1.807, 2.05) is 0 Å². The van der Waals surface area contributed by atoms with Gasteiger partial charge in [0.2, 0.25) is 0 Å². The number of nitrogen functional groups attached to an aromatic ring is 1. The molecule has 0 unspecified atom stereocenters. The lowest BCUT2D eigenvalue weighted by Crippen LogP contribution is -2.57. The molecule has 0 fully saturated rings. The lowest BCUT2D eigenvalue weighted by atomic mass is 10.00. The maximum absolute atomic E-state index is 13.3. The maximum atomic E-state index is 13.3. The number of rotatable bonds is 3. The van der Waals surface area contributed by atoms with Gasteiger partial charge in [0.25, 0.3) is 0 Å². The first-order valence-electron chi connectivity index (χ1n) is 4.42. The van der Waals surface area contributed by atoms with E-state index in [2.05, 4.69) is 5.73 Å². The second kappa shape index (κ2) is 3.94. The molecule has 0 bridgehead atoms. The van der Waals surface area contributed by atoms with Gasteiger partial charge in [-0.25, -0.2) is 0 Å². The Labute approximate surface area is 97.0 Å². The summed E-state index contributed by atoms with van der Waals surface area (Å²) in [6, 6.07) is -4.20. The molecule has 0 saturated heterocycles. The lowest BCUT2D eigenvalue weighted by molar-refractivity contribution is -0.313. The molecule has 0 aliphatic rings. The largest absolute Gasteiger partial charge is 0.506 e. The van der Waals surface area contributed by atoms with E-state index in [0.717, 1.165) is 0 Å². The fraction of sp³-hybridized carbons (Fsp3) is 0.333. The minimum Gasteiger partial charge on any atom is -0.506 e. The highest BCUT2D eigenvalue weighted by molar-refractivity contribution is 5.54. The van der Waals surface area contributed by atoms with Crippen LogP contribution in [0.4, 0.5) is 32.0 Å². The van der Waals surface area contributed by atoms with Crippen molar-refractivity contribution in [3.05, 3.63) is 23.8 Å². The molecule has 18 heavy (non-hydrogen) atoms. The van der Waals surface area contributed by atoms with Crippen LogP contribution in [0.5, 0.6) is 5.75 Å². The first-order valence-corrected chi connectivity index (χ1v) is 4.42. The van der Waals surface area contributed by atoms with Crippen LogP contribution in [0.1, 0.15) is 5.56 Å². The topological polar surface area (TPSA) is 72.3 Å². The van der Waals surface area contributed by atoms with Crippen LogP contribution in [0.25, 0.3) is 0 Å². The molecule has 3 nitrogen and oxygen atoms in total. The van der Waals surface area contributed by atoms with Crippen LogP contribution in [0, 0.1) is 0 Å². The van der Waals surface area contributed by atoms with Gasteiger partial charge in [-0.05, 0) is 18.2 Å². The number of anilines is 1. The SMILES string of the molecule is Nc1cc(C(F)(F)C(F)(F)C(N)(F)F)ccc1O. The third-order valence-electron chi connectivity index (χ3n) is 2.20. The van der Waals surface area contributed by atoms with Crippen LogP contribution < -0.4 is 11.5 Å². The minimum atomic E-state index is -5.80. The molecule has 1 aromatic rings. The Hall–Kier alpha value is -1.64. The van der Waals surface area contributed by atoms with Gasteiger partial charge >= 0.3 is 17.9 Å². The molecule has 0 radical (unpaired) electrons. The summed E-state index contributed by atoms with van der Waals surface area (Å²) in [7, 11) is 0. The van der Waals surface area contributed by atoms with Crippen LogP contribution in [0.3, 0.4) is 0 Å². The second-order valence-corrected chi connectivity index (χ2v) is 3.55. The number of hydrogen-bond donors (Lipinski definition) is 3. The fourth-order valence-corrected chi connectivity index (χ4v) is 1.14. The van der Waals surface area contributed by atoms with E-state index < -0.39 is 34.9 Å². The molecule has 0 atom stereocenters. The van der Waals surface area contributed by atoms with Crippen molar-refractivity contribution >= 4 is 5.69 Å². The molecule has 0 aliphatic heterocycles. The number of phenols is 1. The lowest BCUT2D eigenvalue weighted by Gasteiger charge is -2.30. The van der Waals surface area contributed by atoms with E-state index in [1.165, 1.54) is 0 Å². The molecule has 0 saturated carbocycles. The standard InChI is InChI=1S/C9H8F6N2O/c10-7(11,8(12,13)9(14,15)17)4-1-2-6(18)5(16)3-4/h1-3,18H,16-17H2. The molecule has 0 aliphatic carbocycles. The molecule has 102 valence electrons. The highest BCUT2D eigenvalue weighted by Gasteiger charge is 2.70. The van der Waals surface area contributed by atoms with E-state index >= 15 is 0 Å². The van der Waals surface area contributed by atoms with Gasteiger partial charge in [0.05, 0.1) is 5.69 Å². The number of alkyl halides is 6. The zero-order chi connectivity index (χ0) is 14.4. The highest BCUT2D eigenvalue weighted by atomic mass is 19.3. The van der Waals surface area contributed by atoms with Crippen LogP contribution in [-0.2, 0) is 5.92 Å². The molecular weight excluding hydrogens is 266 g/mol. The molecule has 1 aromatic carbocycles. The highest BCUT2D eigenvalue weighted by Crippen LogP contribution is 2.49. The van der Waals surface area contributed by atoms with E-state index in [1.54, 1.807) is 0 Å². The quantitative estimate of drug-likeness (QED) is 0.342. The summed E-state index contributed by atoms with van der Waals surface area (Å²) in [4.78, 5) is 0. The number of aromatic hydroxyl groups is 1. The Morgan fingerprint density at radius 1 is 1.00 bits per heavy atom. The minimum absolute atomic E-state index is 0.273. The van der Waals surface area contributed by atoms with Crippen LogP contribution in [0.15, 0.2) is 18.2 Å². The molecule has 9 heteroatoms. The fourth-order valence-electron chi connectivity index (χ4n) is 1.14. The number of nitrogens with two attached hydrogens (primary N) is 2. The molecule has 0 aromatic heterocycles. The van der Waals surface area contributed by atoms with Crippen molar-refractivity contribution in [2.75, 3.05) is 5.73 Å². The second-order valence-electron chi connectivity index (χ2n) is 3.55. The molecule has 1 rings (SSSR count). The molecular formula is C9H8F6N2O. The maximum Gasteiger partial charge on any atom is 0.390 e. The summed E-state index contributed by atoms with van der Waals surface area (Å²) >= 11 is 0. The summed E-state index contributed by atoms with van der Waals surface area (Å²) in [5.74, 6) is -11.7. The van der Waals surface area contributed by atoms with Gasteiger partial charge in [-0.15, -0.1) is 0 Å². The van der Waals surface area contributed by atoms with Gasteiger partial charge in [0, 0.05) is 5.56 Å². The Morgan fingerprint density at radius 3 is 1.89 bits per heavy atom. The van der Waals surface area contributed by atoms with Gasteiger partial charge in [0.15, 0.2) is 0 Å². The van der Waals surface area contributed by atoms with Crippen LogP contribution in [0.2, 0.25) is 0 Å². The van der Waals surface area contributed by atoms with Crippen molar-refractivity contribution < 1.29 is 31.4 Å². The van der Waals surface area contributed by atoms with Gasteiger partial charge in [-0.3, -0.25) is 5.73 Å². The number of hydrogen-bond acceptors (Lipinski definition) is 3. The van der Waals surface area contributed by atoms with Gasteiger partial charge < -0.3 is 10.8 Å². The number of halogens is 6. The summed E-state index contributed by atoms with van der Waals surface area (Å²) in [6.07, 6.45) is 0. The van der Waals surface area contributed by atoms with Gasteiger partial charge in [-0.1, -0.05) is 0 Å². The van der Waals surface area contributed by atoms with Crippen molar-refractivity contribution in [1.29, 1.82) is 0 Å². The zero-order valence-corrected chi connectivity index (χ0v) is 8.60. The van der Waals surface area contributed by atoms with E-state index in [9.17, 15) is 26.3 Å². The van der Waals surface area contributed by atoms with Crippen LogP contribution >= 0.6 is 0 Å². The van der Waals surface area contributed by atoms with E-state index in [4.69, 9.17) is 10.8 Å². The van der Waals surface area contributed by atoms with Crippen molar-refractivity contribution in [1.82, 2.24) is 0 Å². The van der Waals surface area contributed by atoms with Gasteiger partial charge in [0.1, 0.15) is 5.75 Å². The number of phenolic OH excluding ortho intramolecular Hbond substituents is 1. The number of benzene rings is 1. The predicted octanol–water partition coefficient (Wildman–Crippen LogP) is 2.25. The van der Waals surface area contributed by atoms with Crippen molar-refractivity contribution in [3.8, 4) is 5.75 Å². The average Bonchev–Trinajstić information content (AvgIpc) is 2.20. The Kier molecular flexibility index (Phi) is 3.16. The Morgan fingerprint density at radius 2 is 1.50 bits per heavy atom. The van der Waals surface area contributed by atoms with Gasteiger partial charge in [-0.2, -0.15) is 26.3 Å². The van der Waals surface area contributed by atoms with Crippen molar-refractivity contribution in [2.24, 2.45) is 5.73 Å². The van der Waals surface area contributed by atoms with E-state index in [0.29, 0.717) is 12.1 Å². The summed E-state index contributed by atoms with van der Waals surface area (Å²) < 4.78 is 77.0. The predicted molar refractivity (Wildman–Crippen MR) is 50.5 cm³/mol. The summed E-state index contributed by atoms with van der Waals surface area (Å²) in [6.45, 7) is 0. The van der Waals surface area contributed by atoms with Crippen molar-refractivity contribution in [3.63, 3.8) is 0 Å². The third kappa shape index (κ3) is 2.05. The smallest absolute Gasteiger partial charge is 0.390 e. The van der Waals surface area contributed by atoms with Crippen LogP contribution in [-0.4, -0.2) is 17.1 Å². The normalized spacial score (nSPS) is 13.7. The zero-order valence-electron chi connectivity index (χ0n) is 8.60. The monoisotopic (exact) mass is 274 g/mol. The van der Waals surface area contributed by atoms with Crippen molar-refractivity contribution in [2.45, 2.75) is 17.9 Å². The average molecular weight is 274 g/mol. The first kappa shape index (κ1) is 14.4. The Balaban J connectivity index is 3.33. The summed E-state index contributed by atoms with van der Waals surface area (Å²) in [5.41, 5.74) is 6.65. The van der Waals surface area contributed by atoms with E-state index in [-0.39, 0.29) is 6.07 Å². The Bertz CT molecular complexity index is 457. The molecule has 5 N–H and O–H groups in total. The molecule has 0 amide bonds. The summed E-state index contributed by atoms with van der Waals surface area (Å²) in [5, 5.41) is 8.94. The first-order chi connectivity index (χ1) is 7.91.